The topological polar surface area (TPSA) is 92.9 Å². The molecule has 1 aromatic carbocycles. The summed E-state index contributed by atoms with van der Waals surface area (Å²) in [4.78, 5) is 29.4. The molecule has 0 atom stereocenters. The number of carbonyl (C=O) groups is 2. The van der Waals surface area contributed by atoms with Crippen molar-refractivity contribution >= 4 is 28.4 Å². The number of esters is 1. The van der Waals surface area contributed by atoms with Gasteiger partial charge in [-0.2, -0.15) is 4.52 Å². The Morgan fingerprint density at radius 1 is 1.15 bits per heavy atom. The van der Waals surface area contributed by atoms with E-state index in [0.29, 0.717) is 18.2 Å². The number of fused-ring (bicyclic) bond motifs is 3. The first-order valence-corrected chi connectivity index (χ1v) is 11.9. The van der Waals surface area contributed by atoms with E-state index < -0.39 is 0 Å². The van der Waals surface area contributed by atoms with Crippen LogP contribution < -0.4 is 0 Å². The number of hydrogen-bond donors (Lipinski definition) is 0. The third-order valence-electron chi connectivity index (χ3n) is 8.11. The third kappa shape index (κ3) is 3.29. The maximum absolute atomic E-state index is 13.4. The van der Waals surface area contributed by atoms with E-state index in [-0.39, 0.29) is 23.9 Å². The Bertz CT molecular complexity index is 1340. The standard InChI is InChI=1S/C25H28N6O3/c1-16-21(15-34-23(16)32)30-12-11-25(24(30)33)9-7-19(8-10-25)29(2)14-17-3-5-20-18(13-17)4-6-22-26-27-28-31(20)22/h3-6,13,19H,7-12,14-15H2,1-2H3/t19-,25-. The highest BCUT2D eigenvalue weighted by Gasteiger charge is 2.50. The van der Waals surface area contributed by atoms with E-state index in [1.807, 2.05) is 11.0 Å². The number of hydrogen-bond acceptors (Lipinski definition) is 7. The normalized spacial score (nSPS) is 25.5. The van der Waals surface area contributed by atoms with E-state index in [2.05, 4.69) is 51.7 Å². The van der Waals surface area contributed by atoms with E-state index >= 15 is 0 Å². The molecule has 9 heteroatoms. The lowest BCUT2D eigenvalue weighted by molar-refractivity contribution is -0.138. The quantitative estimate of drug-likeness (QED) is 0.553. The zero-order chi connectivity index (χ0) is 23.4. The van der Waals surface area contributed by atoms with Gasteiger partial charge in [0.2, 0.25) is 5.91 Å². The molecule has 4 heterocycles. The highest BCUT2D eigenvalue weighted by atomic mass is 16.5. The molecule has 34 heavy (non-hydrogen) atoms. The summed E-state index contributed by atoms with van der Waals surface area (Å²) < 4.78 is 6.90. The maximum Gasteiger partial charge on any atom is 0.336 e. The molecule has 176 valence electrons. The van der Waals surface area contributed by atoms with Gasteiger partial charge in [0.05, 0.1) is 22.2 Å². The van der Waals surface area contributed by atoms with Crippen molar-refractivity contribution in [1.29, 1.82) is 0 Å². The van der Waals surface area contributed by atoms with Crippen LogP contribution in [0.4, 0.5) is 0 Å². The highest BCUT2D eigenvalue weighted by molar-refractivity contribution is 5.94. The minimum absolute atomic E-state index is 0.185. The number of ether oxygens (including phenoxy) is 1. The van der Waals surface area contributed by atoms with Gasteiger partial charge in [0, 0.05) is 24.5 Å². The molecule has 1 saturated carbocycles. The average Bonchev–Trinajstić information content (AvgIpc) is 3.54. The molecule has 2 fully saturated rings. The molecule has 3 aromatic rings. The molecule has 2 aromatic heterocycles. The minimum atomic E-state index is -0.301. The van der Waals surface area contributed by atoms with Gasteiger partial charge < -0.3 is 9.64 Å². The predicted molar refractivity (Wildman–Crippen MR) is 124 cm³/mol. The maximum atomic E-state index is 13.4. The van der Waals surface area contributed by atoms with Crippen LogP contribution in [0.15, 0.2) is 41.6 Å². The summed E-state index contributed by atoms with van der Waals surface area (Å²) in [5.74, 6) is -0.116. The number of aromatic nitrogens is 4. The number of likely N-dealkylation sites (tertiary alicyclic amines) is 1. The van der Waals surface area contributed by atoms with Crippen LogP contribution in [0.1, 0.15) is 44.6 Å². The number of rotatable bonds is 4. The van der Waals surface area contributed by atoms with Crippen molar-refractivity contribution < 1.29 is 14.3 Å². The van der Waals surface area contributed by atoms with Crippen LogP contribution in [-0.4, -0.2) is 68.0 Å². The molecule has 9 nitrogen and oxygen atoms in total. The second kappa shape index (κ2) is 7.87. The summed E-state index contributed by atoms with van der Waals surface area (Å²) in [6, 6.07) is 10.9. The highest BCUT2D eigenvalue weighted by Crippen LogP contribution is 2.47. The molecule has 1 saturated heterocycles. The first-order chi connectivity index (χ1) is 16.4. The van der Waals surface area contributed by atoms with E-state index in [4.69, 9.17) is 4.74 Å². The lowest BCUT2D eigenvalue weighted by Gasteiger charge is -2.39. The second-order valence-corrected chi connectivity index (χ2v) is 9.96. The molecule has 0 N–H and O–H groups in total. The fourth-order valence-electron chi connectivity index (χ4n) is 5.97. The third-order valence-corrected chi connectivity index (χ3v) is 8.11. The van der Waals surface area contributed by atoms with Gasteiger partial charge in [-0.05, 0) is 86.3 Å². The Morgan fingerprint density at radius 2 is 1.97 bits per heavy atom. The van der Waals surface area contributed by atoms with Gasteiger partial charge in [0.1, 0.15) is 6.61 Å². The van der Waals surface area contributed by atoms with E-state index in [0.717, 1.165) is 60.9 Å². The van der Waals surface area contributed by atoms with E-state index in [9.17, 15) is 9.59 Å². The first-order valence-electron chi connectivity index (χ1n) is 11.9. The molecule has 1 spiro atoms. The van der Waals surface area contributed by atoms with Crippen LogP contribution in [0.3, 0.4) is 0 Å². The minimum Gasteiger partial charge on any atom is -0.456 e. The number of amides is 1. The number of cyclic esters (lactones) is 1. The largest absolute Gasteiger partial charge is 0.456 e. The van der Waals surface area contributed by atoms with Gasteiger partial charge in [-0.25, -0.2) is 4.79 Å². The van der Waals surface area contributed by atoms with E-state index in [1.165, 1.54) is 5.56 Å². The summed E-state index contributed by atoms with van der Waals surface area (Å²) in [6.07, 6.45) is 4.66. The smallest absolute Gasteiger partial charge is 0.336 e. The van der Waals surface area contributed by atoms with Crippen molar-refractivity contribution in [2.24, 2.45) is 5.41 Å². The number of pyridine rings is 1. The van der Waals surface area contributed by atoms with Crippen LogP contribution in [-0.2, 0) is 20.9 Å². The molecular formula is C25H28N6O3. The van der Waals surface area contributed by atoms with Crippen molar-refractivity contribution in [3.63, 3.8) is 0 Å². The molecule has 1 amide bonds. The van der Waals surface area contributed by atoms with Crippen molar-refractivity contribution in [1.82, 2.24) is 29.8 Å². The van der Waals surface area contributed by atoms with Gasteiger partial charge in [0.15, 0.2) is 5.65 Å². The SMILES string of the molecule is CC1=C(N2CC[C@]3(CC[C@@H](N(C)Cc4ccc5c(ccc6nnnn65)c4)CC3)C2=O)COC1=O. The Morgan fingerprint density at radius 3 is 2.74 bits per heavy atom. The number of tetrazole rings is 1. The van der Waals surface area contributed by atoms with Crippen molar-refractivity contribution in [3.8, 4) is 0 Å². The summed E-state index contributed by atoms with van der Waals surface area (Å²) in [5, 5.41) is 13.0. The lowest BCUT2D eigenvalue weighted by atomic mass is 9.71. The molecular weight excluding hydrogens is 432 g/mol. The lowest BCUT2D eigenvalue weighted by Crippen LogP contribution is -2.42. The summed E-state index contributed by atoms with van der Waals surface area (Å²) in [5.41, 5.74) is 4.05. The molecule has 6 rings (SSSR count). The van der Waals surface area contributed by atoms with Crippen LogP contribution >= 0.6 is 0 Å². The van der Waals surface area contributed by atoms with Crippen molar-refractivity contribution in [3.05, 3.63) is 47.2 Å². The zero-order valence-corrected chi connectivity index (χ0v) is 19.5. The molecule has 1 aliphatic carbocycles. The second-order valence-electron chi connectivity index (χ2n) is 9.96. The Kier molecular flexibility index (Phi) is 4.91. The fraction of sp³-hybridized carbons (Fsp3) is 0.480. The van der Waals surface area contributed by atoms with E-state index in [1.54, 1.807) is 11.4 Å². The average molecular weight is 461 g/mol. The summed E-state index contributed by atoms with van der Waals surface area (Å²) >= 11 is 0. The van der Waals surface area contributed by atoms with Gasteiger partial charge in [-0.1, -0.05) is 6.07 Å². The monoisotopic (exact) mass is 460 g/mol. The predicted octanol–water partition coefficient (Wildman–Crippen LogP) is 2.70. The Balaban J connectivity index is 1.12. The fourth-order valence-corrected chi connectivity index (χ4v) is 5.97. The Hall–Kier alpha value is -3.33. The van der Waals surface area contributed by atoms with Gasteiger partial charge in [0.25, 0.3) is 0 Å². The Labute approximate surface area is 197 Å². The number of carbonyl (C=O) groups excluding carboxylic acids is 2. The molecule has 0 radical (unpaired) electrons. The summed E-state index contributed by atoms with van der Waals surface area (Å²) in [6.45, 7) is 3.52. The van der Waals surface area contributed by atoms with Gasteiger partial charge >= 0.3 is 5.97 Å². The molecule has 0 bridgehead atoms. The van der Waals surface area contributed by atoms with Crippen LogP contribution in [0.2, 0.25) is 0 Å². The molecule has 3 aliphatic rings. The first kappa shape index (κ1) is 21.2. The van der Waals surface area contributed by atoms with Gasteiger partial charge in [-0.3, -0.25) is 9.69 Å². The number of benzene rings is 1. The molecule has 0 unspecified atom stereocenters. The van der Waals surface area contributed by atoms with Gasteiger partial charge in [-0.15, -0.1) is 5.10 Å². The summed E-state index contributed by atoms with van der Waals surface area (Å²) in [7, 11) is 2.18. The zero-order valence-electron chi connectivity index (χ0n) is 19.5. The molecule has 2 aliphatic heterocycles. The number of nitrogens with zero attached hydrogens (tertiary/aromatic N) is 6. The van der Waals surface area contributed by atoms with Crippen LogP contribution in [0, 0.1) is 5.41 Å². The van der Waals surface area contributed by atoms with Crippen molar-refractivity contribution in [2.45, 2.75) is 51.6 Å². The van der Waals surface area contributed by atoms with Crippen molar-refractivity contribution in [2.75, 3.05) is 20.2 Å². The van der Waals surface area contributed by atoms with Crippen LogP contribution in [0.25, 0.3) is 16.6 Å². The van der Waals surface area contributed by atoms with Crippen LogP contribution in [0.5, 0.6) is 0 Å².